The summed E-state index contributed by atoms with van der Waals surface area (Å²) in [6.45, 7) is 3.40. The number of benzene rings is 3. The highest BCUT2D eigenvalue weighted by molar-refractivity contribution is 7.89. The largest absolute Gasteiger partial charge is 0.492 e. The van der Waals surface area contributed by atoms with Crippen molar-refractivity contribution >= 4 is 10.0 Å². The van der Waals surface area contributed by atoms with Crippen LogP contribution >= 0.6 is 0 Å². The Balaban J connectivity index is 1.48. The fourth-order valence-corrected chi connectivity index (χ4v) is 5.02. The van der Waals surface area contributed by atoms with E-state index in [2.05, 4.69) is 0 Å². The molecule has 0 bridgehead atoms. The summed E-state index contributed by atoms with van der Waals surface area (Å²) in [5, 5.41) is 0. The Morgan fingerprint density at radius 3 is 2.52 bits per heavy atom. The van der Waals surface area contributed by atoms with Crippen LogP contribution in [0.5, 0.6) is 5.75 Å². The van der Waals surface area contributed by atoms with E-state index in [0.29, 0.717) is 25.6 Å². The standard InChI is InChI=1S/C24H24FNO4S/c1-18-3-2-4-23(13-18)31(27,28)26-11-12-30-24-10-7-20(14-21(24)15-26)17-29-16-19-5-8-22(25)9-6-19/h2-10,13-14H,11-12,15-17H2,1H3. The van der Waals surface area contributed by atoms with Crippen LogP contribution in [0.25, 0.3) is 0 Å². The molecule has 1 heterocycles. The summed E-state index contributed by atoms with van der Waals surface area (Å²) in [5.41, 5.74) is 3.50. The molecule has 0 unspecified atom stereocenters. The molecule has 0 amide bonds. The van der Waals surface area contributed by atoms with Gasteiger partial charge in [-0.05, 0) is 60.0 Å². The average molecular weight is 442 g/mol. The molecular weight excluding hydrogens is 417 g/mol. The number of rotatable bonds is 6. The van der Waals surface area contributed by atoms with Gasteiger partial charge in [0.1, 0.15) is 18.2 Å². The summed E-state index contributed by atoms with van der Waals surface area (Å²) in [4.78, 5) is 0.287. The molecule has 0 aromatic heterocycles. The lowest BCUT2D eigenvalue weighted by molar-refractivity contribution is 0.107. The maximum Gasteiger partial charge on any atom is 0.243 e. The van der Waals surface area contributed by atoms with Crippen molar-refractivity contribution in [3.63, 3.8) is 0 Å². The minimum atomic E-state index is -3.63. The van der Waals surface area contributed by atoms with E-state index in [9.17, 15) is 12.8 Å². The second-order valence-corrected chi connectivity index (χ2v) is 9.50. The number of ether oxygens (including phenoxy) is 2. The fourth-order valence-electron chi connectivity index (χ4n) is 3.51. The van der Waals surface area contributed by atoms with Crippen LogP contribution in [0, 0.1) is 12.7 Å². The Bertz CT molecular complexity index is 1160. The van der Waals surface area contributed by atoms with Gasteiger partial charge in [-0.3, -0.25) is 0 Å². The molecule has 3 aromatic carbocycles. The third-order valence-electron chi connectivity index (χ3n) is 5.15. The number of halogens is 1. The van der Waals surface area contributed by atoms with Crippen LogP contribution in [0.1, 0.15) is 22.3 Å². The molecule has 7 heteroatoms. The lowest BCUT2D eigenvalue weighted by atomic mass is 10.1. The highest BCUT2D eigenvalue weighted by atomic mass is 32.2. The minimum absolute atomic E-state index is 0.234. The van der Waals surface area contributed by atoms with Gasteiger partial charge < -0.3 is 9.47 Å². The molecule has 31 heavy (non-hydrogen) atoms. The lowest BCUT2D eigenvalue weighted by Gasteiger charge is -2.20. The van der Waals surface area contributed by atoms with Crippen molar-refractivity contribution in [2.45, 2.75) is 31.6 Å². The van der Waals surface area contributed by atoms with Crippen molar-refractivity contribution in [1.82, 2.24) is 4.31 Å². The molecule has 1 aliphatic heterocycles. The molecule has 0 N–H and O–H groups in total. The van der Waals surface area contributed by atoms with Crippen LogP contribution in [-0.4, -0.2) is 25.9 Å². The van der Waals surface area contributed by atoms with Gasteiger partial charge in [-0.2, -0.15) is 4.31 Å². The first-order valence-corrected chi connectivity index (χ1v) is 11.5. The zero-order valence-corrected chi connectivity index (χ0v) is 18.1. The third-order valence-corrected chi connectivity index (χ3v) is 6.99. The normalized spacial score (nSPS) is 14.5. The van der Waals surface area contributed by atoms with E-state index in [-0.39, 0.29) is 23.8 Å². The van der Waals surface area contributed by atoms with E-state index < -0.39 is 10.0 Å². The van der Waals surface area contributed by atoms with E-state index in [4.69, 9.17) is 9.47 Å². The summed E-state index contributed by atoms with van der Waals surface area (Å²) in [5.74, 6) is 0.406. The predicted octanol–water partition coefficient (Wildman–Crippen LogP) is 4.43. The van der Waals surface area contributed by atoms with Crippen LogP contribution in [0.4, 0.5) is 4.39 Å². The van der Waals surface area contributed by atoms with E-state index in [0.717, 1.165) is 22.3 Å². The third kappa shape index (κ3) is 5.12. The van der Waals surface area contributed by atoms with Crippen LogP contribution < -0.4 is 4.74 Å². The molecule has 0 radical (unpaired) electrons. The van der Waals surface area contributed by atoms with E-state index >= 15 is 0 Å². The molecule has 0 saturated heterocycles. The number of nitrogens with zero attached hydrogens (tertiary/aromatic N) is 1. The topological polar surface area (TPSA) is 55.8 Å². The van der Waals surface area contributed by atoms with Gasteiger partial charge in [0.25, 0.3) is 0 Å². The highest BCUT2D eigenvalue weighted by Gasteiger charge is 2.27. The predicted molar refractivity (Wildman–Crippen MR) is 116 cm³/mol. The van der Waals surface area contributed by atoms with Gasteiger partial charge in [0.05, 0.1) is 18.1 Å². The van der Waals surface area contributed by atoms with Crippen molar-refractivity contribution in [2.75, 3.05) is 13.2 Å². The van der Waals surface area contributed by atoms with Crippen molar-refractivity contribution in [3.8, 4) is 5.75 Å². The number of fused-ring (bicyclic) bond motifs is 1. The molecule has 0 atom stereocenters. The summed E-state index contributed by atoms with van der Waals surface area (Å²) in [6, 6.07) is 18.8. The molecule has 0 aliphatic carbocycles. The monoisotopic (exact) mass is 441 g/mol. The van der Waals surface area contributed by atoms with Gasteiger partial charge in [-0.25, -0.2) is 12.8 Å². The highest BCUT2D eigenvalue weighted by Crippen LogP contribution is 2.28. The minimum Gasteiger partial charge on any atom is -0.492 e. The van der Waals surface area contributed by atoms with E-state index in [1.807, 2.05) is 31.2 Å². The zero-order valence-electron chi connectivity index (χ0n) is 17.3. The maximum atomic E-state index is 13.2. The van der Waals surface area contributed by atoms with Gasteiger partial charge in [0.15, 0.2) is 0 Å². The van der Waals surface area contributed by atoms with Crippen LogP contribution in [0.2, 0.25) is 0 Å². The summed E-state index contributed by atoms with van der Waals surface area (Å²) in [7, 11) is -3.63. The SMILES string of the molecule is Cc1cccc(S(=O)(=O)N2CCOc3ccc(COCc4ccc(F)cc4)cc3C2)c1. The second kappa shape index (κ2) is 9.18. The first-order valence-electron chi connectivity index (χ1n) is 10.1. The first kappa shape index (κ1) is 21.5. The molecule has 5 nitrogen and oxygen atoms in total. The molecular formula is C24H24FNO4S. The number of sulfonamides is 1. The molecule has 1 aliphatic rings. The smallest absolute Gasteiger partial charge is 0.243 e. The summed E-state index contributed by atoms with van der Waals surface area (Å²) >= 11 is 0. The fraction of sp³-hybridized carbons (Fsp3) is 0.250. The summed E-state index contributed by atoms with van der Waals surface area (Å²) < 4.78 is 52.3. The van der Waals surface area contributed by atoms with Crippen LogP contribution in [0.15, 0.2) is 71.6 Å². The van der Waals surface area contributed by atoms with Crippen LogP contribution in [0.3, 0.4) is 0 Å². The van der Waals surface area contributed by atoms with Gasteiger partial charge in [0.2, 0.25) is 10.0 Å². The number of hydrogen-bond donors (Lipinski definition) is 0. The average Bonchev–Trinajstić information content (AvgIpc) is 2.98. The Morgan fingerprint density at radius 1 is 1.00 bits per heavy atom. The van der Waals surface area contributed by atoms with Gasteiger partial charge in [-0.15, -0.1) is 0 Å². The quantitative estimate of drug-likeness (QED) is 0.568. The molecule has 3 aromatic rings. The molecule has 0 spiro atoms. The van der Waals surface area contributed by atoms with Crippen molar-refractivity contribution in [3.05, 3.63) is 94.8 Å². The lowest BCUT2D eigenvalue weighted by Crippen LogP contribution is -2.32. The van der Waals surface area contributed by atoms with Crippen molar-refractivity contribution < 1.29 is 22.3 Å². The van der Waals surface area contributed by atoms with Gasteiger partial charge in [0, 0.05) is 18.7 Å². The first-order chi connectivity index (χ1) is 14.9. The zero-order chi connectivity index (χ0) is 21.8. The van der Waals surface area contributed by atoms with E-state index in [1.165, 1.54) is 16.4 Å². The Labute approximate surface area is 182 Å². The molecule has 0 saturated carbocycles. The Kier molecular flexibility index (Phi) is 6.36. The Morgan fingerprint density at radius 2 is 1.74 bits per heavy atom. The second-order valence-electron chi connectivity index (χ2n) is 7.56. The Hall–Kier alpha value is -2.74. The molecule has 4 rings (SSSR count). The van der Waals surface area contributed by atoms with Gasteiger partial charge >= 0.3 is 0 Å². The number of aryl methyl sites for hydroxylation is 1. The van der Waals surface area contributed by atoms with Crippen molar-refractivity contribution in [1.29, 1.82) is 0 Å². The molecule has 0 fully saturated rings. The van der Waals surface area contributed by atoms with Crippen LogP contribution in [-0.2, 0) is 34.5 Å². The number of hydrogen-bond acceptors (Lipinski definition) is 4. The summed E-state index contributed by atoms with van der Waals surface area (Å²) in [6.07, 6.45) is 0. The van der Waals surface area contributed by atoms with Crippen molar-refractivity contribution in [2.24, 2.45) is 0 Å². The van der Waals surface area contributed by atoms with E-state index in [1.54, 1.807) is 30.3 Å². The molecule has 162 valence electrons. The maximum absolute atomic E-state index is 13.2. The van der Waals surface area contributed by atoms with Gasteiger partial charge in [-0.1, -0.05) is 30.3 Å².